The summed E-state index contributed by atoms with van der Waals surface area (Å²) in [5.74, 6) is -4.33. The third-order valence-electron chi connectivity index (χ3n) is 5.81. The summed E-state index contributed by atoms with van der Waals surface area (Å²) in [6, 6.07) is 3.69. The molecule has 13 N–H and O–H groups in total. The maximum atomic E-state index is 13.3. The zero-order chi connectivity index (χ0) is 28.9. The van der Waals surface area contributed by atoms with Gasteiger partial charge in [-0.1, -0.05) is 18.2 Å². The number of carboxylic acids is 1. The van der Waals surface area contributed by atoms with Crippen molar-refractivity contribution in [3.63, 3.8) is 0 Å². The number of H-pyrrole nitrogens is 1. The van der Waals surface area contributed by atoms with Crippen LogP contribution in [-0.2, 0) is 30.4 Å². The van der Waals surface area contributed by atoms with Crippen LogP contribution >= 0.6 is 0 Å². The van der Waals surface area contributed by atoms with E-state index in [-0.39, 0.29) is 51.2 Å². The van der Waals surface area contributed by atoms with Crippen molar-refractivity contribution in [3.8, 4) is 0 Å². The lowest BCUT2D eigenvalue weighted by Crippen LogP contribution is -2.56. The fourth-order valence-corrected chi connectivity index (χ4v) is 3.84. The van der Waals surface area contributed by atoms with Gasteiger partial charge in [-0.05, 0) is 30.9 Å². The Bertz CT molecular complexity index is 1210. The summed E-state index contributed by atoms with van der Waals surface area (Å²) in [5, 5.41) is 17.8. The Morgan fingerprint density at radius 3 is 2.23 bits per heavy atom. The van der Waals surface area contributed by atoms with Crippen molar-refractivity contribution in [3.05, 3.63) is 36.0 Å². The van der Waals surface area contributed by atoms with Crippen molar-refractivity contribution in [2.75, 3.05) is 13.1 Å². The Balaban J connectivity index is 2.25. The highest BCUT2D eigenvalue weighted by atomic mass is 16.4. The van der Waals surface area contributed by atoms with Crippen LogP contribution in [0.5, 0.6) is 0 Å². The number of carbonyl (C=O) groups excluding carboxylic acids is 4. The van der Waals surface area contributed by atoms with Gasteiger partial charge < -0.3 is 49.0 Å². The van der Waals surface area contributed by atoms with Crippen LogP contribution in [0.1, 0.15) is 31.2 Å². The van der Waals surface area contributed by atoms with Gasteiger partial charge in [-0.2, -0.15) is 0 Å². The average molecular weight is 546 g/mol. The second kappa shape index (κ2) is 14.9. The Hall–Kier alpha value is -4.66. The summed E-state index contributed by atoms with van der Waals surface area (Å²) in [5.41, 5.74) is 22.8. The van der Waals surface area contributed by atoms with E-state index >= 15 is 0 Å². The minimum absolute atomic E-state index is 0.0428. The van der Waals surface area contributed by atoms with E-state index in [1.54, 1.807) is 6.20 Å². The number of fused-ring (bicyclic) bond motifs is 1. The molecule has 15 nitrogen and oxygen atoms in total. The second-order valence-corrected chi connectivity index (χ2v) is 8.80. The van der Waals surface area contributed by atoms with Gasteiger partial charge in [-0.25, -0.2) is 4.79 Å². The van der Waals surface area contributed by atoms with Crippen LogP contribution in [0.25, 0.3) is 10.9 Å². The van der Waals surface area contributed by atoms with Gasteiger partial charge in [-0.3, -0.25) is 24.2 Å². The highest BCUT2D eigenvalue weighted by molar-refractivity contribution is 5.94. The highest BCUT2D eigenvalue weighted by Gasteiger charge is 2.30. The fourth-order valence-electron chi connectivity index (χ4n) is 3.84. The van der Waals surface area contributed by atoms with Crippen molar-refractivity contribution in [1.82, 2.24) is 20.9 Å². The maximum Gasteiger partial charge on any atom is 0.326 e. The normalized spacial score (nSPS) is 13.1. The number of rotatable bonds is 16. The Morgan fingerprint density at radius 2 is 1.59 bits per heavy atom. The van der Waals surface area contributed by atoms with Crippen molar-refractivity contribution in [2.24, 2.45) is 27.9 Å². The lowest BCUT2D eigenvalue weighted by molar-refractivity contribution is -0.142. The van der Waals surface area contributed by atoms with Gasteiger partial charge in [0.25, 0.3) is 0 Å². The lowest BCUT2D eigenvalue weighted by atomic mass is 10.0. The largest absolute Gasteiger partial charge is 0.480 e. The van der Waals surface area contributed by atoms with Gasteiger partial charge >= 0.3 is 5.97 Å². The number of hydrogen-bond donors (Lipinski definition) is 9. The van der Waals surface area contributed by atoms with Crippen LogP contribution in [-0.4, -0.2) is 76.9 Å². The fraction of sp³-hybridized carbons (Fsp3) is 0.417. The quantitative estimate of drug-likeness (QED) is 0.0613. The van der Waals surface area contributed by atoms with Crippen LogP contribution in [0.15, 0.2) is 35.5 Å². The van der Waals surface area contributed by atoms with E-state index in [0.717, 1.165) is 16.5 Å². The van der Waals surface area contributed by atoms with Gasteiger partial charge in [0.05, 0.1) is 6.54 Å². The summed E-state index contributed by atoms with van der Waals surface area (Å²) < 4.78 is 0. The van der Waals surface area contributed by atoms with Gasteiger partial charge in [0.1, 0.15) is 18.1 Å². The molecule has 212 valence electrons. The lowest BCUT2D eigenvalue weighted by Gasteiger charge is -2.24. The average Bonchev–Trinajstić information content (AvgIpc) is 3.29. The number of aliphatic carboxylic acids is 1. The van der Waals surface area contributed by atoms with Crippen molar-refractivity contribution >= 4 is 46.5 Å². The molecule has 1 heterocycles. The summed E-state index contributed by atoms with van der Waals surface area (Å²) in [7, 11) is 0. The number of benzene rings is 1. The number of nitrogens with one attached hydrogen (secondary N) is 4. The summed E-state index contributed by atoms with van der Waals surface area (Å²) in [4.78, 5) is 68.2. The van der Waals surface area contributed by atoms with Crippen molar-refractivity contribution in [1.29, 1.82) is 0 Å². The predicted molar refractivity (Wildman–Crippen MR) is 143 cm³/mol. The van der Waals surface area contributed by atoms with Crippen LogP contribution in [0, 0.1) is 0 Å². The number of guanidine groups is 1. The zero-order valence-corrected chi connectivity index (χ0v) is 21.3. The molecule has 2 rings (SSSR count). The van der Waals surface area contributed by atoms with E-state index in [4.69, 9.17) is 22.9 Å². The van der Waals surface area contributed by atoms with Crippen LogP contribution in [0.2, 0.25) is 0 Å². The molecule has 0 aliphatic carbocycles. The first-order chi connectivity index (χ1) is 18.5. The molecule has 0 fully saturated rings. The molecule has 1 aromatic carbocycles. The number of aromatic amines is 1. The third-order valence-corrected chi connectivity index (χ3v) is 5.81. The van der Waals surface area contributed by atoms with Crippen molar-refractivity contribution < 1.29 is 29.1 Å². The van der Waals surface area contributed by atoms with E-state index in [9.17, 15) is 29.1 Å². The molecule has 15 heteroatoms. The Labute approximate surface area is 224 Å². The number of aliphatic imine (C=N–C) groups is 1. The SMILES string of the molecule is NCC(=O)N[C@@H](Cc1c[nH]c2ccccc12)C(=O)N[C@@H](CCCN=C(N)N)C(=O)N[C@@H](CCC(N)=O)C(=O)O. The van der Waals surface area contributed by atoms with E-state index < -0.39 is 47.7 Å². The van der Waals surface area contributed by atoms with Gasteiger partial charge in [0, 0.05) is 36.5 Å². The number of primary amides is 1. The van der Waals surface area contributed by atoms with Crippen LogP contribution in [0.3, 0.4) is 0 Å². The first kappa shape index (κ1) is 30.6. The number of nitrogens with zero attached hydrogens (tertiary/aromatic N) is 1. The molecule has 3 atom stereocenters. The Morgan fingerprint density at radius 1 is 0.923 bits per heavy atom. The molecule has 0 unspecified atom stereocenters. The topological polar surface area (TPSA) is 274 Å². The molecule has 0 aliphatic rings. The first-order valence-electron chi connectivity index (χ1n) is 12.2. The van der Waals surface area contributed by atoms with E-state index in [1.165, 1.54) is 0 Å². The summed E-state index contributed by atoms with van der Waals surface area (Å²) in [6.07, 6.45) is 1.60. The van der Waals surface area contributed by atoms with E-state index in [1.807, 2.05) is 24.3 Å². The molecule has 39 heavy (non-hydrogen) atoms. The Kier molecular flexibility index (Phi) is 11.7. The molecule has 0 spiro atoms. The number of amides is 4. The maximum absolute atomic E-state index is 13.3. The predicted octanol–water partition coefficient (Wildman–Crippen LogP) is -2.47. The summed E-state index contributed by atoms with van der Waals surface area (Å²) in [6.45, 7) is -0.213. The number of carboxylic acid groups (broad SMARTS) is 1. The first-order valence-corrected chi connectivity index (χ1v) is 12.2. The minimum atomic E-state index is -1.42. The molecule has 0 aliphatic heterocycles. The molecular weight excluding hydrogens is 510 g/mol. The highest BCUT2D eigenvalue weighted by Crippen LogP contribution is 2.19. The molecule has 4 amide bonds. The number of nitrogens with two attached hydrogens (primary N) is 4. The number of aromatic nitrogens is 1. The second-order valence-electron chi connectivity index (χ2n) is 8.80. The van der Waals surface area contributed by atoms with Gasteiger partial charge in [0.15, 0.2) is 5.96 Å². The third kappa shape index (κ3) is 9.96. The van der Waals surface area contributed by atoms with Gasteiger partial charge in [-0.15, -0.1) is 0 Å². The molecule has 0 radical (unpaired) electrons. The van der Waals surface area contributed by atoms with E-state index in [0.29, 0.717) is 0 Å². The molecule has 0 bridgehead atoms. The summed E-state index contributed by atoms with van der Waals surface area (Å²) >= 11 is 0. The van der Waals surface area contributed by atoms with E-state index in [2.05, 4.69) is 25.9 Å². The monoisotopic (exact) mass is 545 g/mol. The van der Waals surface area contributed by atoms with Gasteiger partial charge in [0.2, 0.25) is 23.6 Å². The van der Waals surface area contributed by atoms with Crippen molar-refractivity contribution in [2.45, 2.75) is 50.2 Å². The zero-order valence-electron chi connectivity index (χ0n) is 21.3. The molecule has 2 aromatic rings. The van der Waals surface area contributed by atoms with Crippen LogP contribution < -0.4 is 38.9 Å². The number of carbonyl (C=O) groups is 5. The minimum Gasteiger partial charge on any atom is -0.480 e. The van der Waals surface area contributed by atoms with Crippen LogP contribution in [0.4, 0.5) is 0 Å². The molecule has 0 saturated heterocycles. The number of hydrogen-bond acceptors (Lipinski definition) is 7. The smallest absolute Gasteiger partial charge is 0.326 e. The number of para-hydroxylation sites is 1. The molecule has 0 saturated carbocycles. The molecular formula is C24H35N9O6. The standard InChI is InChI=1S/C24H35N9O6/c25-11-20(35)31-18(10-13-12-30-15-5-2-1-4-14(13)15)22(37)32-16(6-3-9-29-24(27)28)21(36)33-17(23(38)39)7-8-19(26)34/h1-2,4-5,12,16-18,30H,3,6-11,25H2,(H2,26,34)(H,31,35)(H,32,37)(H,33,36)(H,38,39)(H4,27,28,29)/t16-,17-,18-/m0/s1. The molecule has 1 aromatic heterocycles.